The molecule has 5 nitrogen and oxygen atoms in total. The Balaban J connectivity index is 1.62. The van der Waals surface area contributed by atoms with E-state index in [1.165, 1.54) is 5.56 Å². The first-order chi connectivity index (χ1) is 13.5. The zero-order chi connectivity index (χ0) is 20.1. The summed E-state index contributed by atoms with van der Waals surface area (Å²) in [6, 6.07) is 18.8. The van der Waals surface area contributed by atoms with Crippen molar-refractivity contribution in [2.24, 2.45) is 0 Å². The van der Waals surface area contributed by atoms with Gasteiger partial charge in [-0.3, -0.25) is 4.79 Å². The predicted octanol–water partition coefficient (Wildman–Crippen LogP) is 5.01. The molecule has 2 aromatic carbocycles. The minimum atomic E-state index is -0.176. The molecule has 1 heterocycles. The Morgan fingerprint density at radius 1 is 1.00 bits per heavy atom. The van der Waals surface area contributed by atoms with Gasteiger partial charge in [-0.25, -0.2) is 0 Å². The number of carbonyl (C=O) groups excluding carboxylic acids is 1. The second-order valence-electron chi connectivity index (χ2n) is 6.73. The van der Waals surface area contributed by atoms with E-state index in [2.05, 4.69) is 0 Å². The van der Waals surface area contributed by atoms with Gasteiger partial charge < -0.3 is 18.8 Å². The molecule has 0 saturated heterocycles. The van der Waals surface area contributed by atoms with Crippen molar-refractivity contribution in [1.29, 1.82) is 0 Å². The fraction of sp³-hybridized carbons (Fsp3) is 0.261. The van der Waals surface area contributed by atoms with E-state index >= 15 is 0 Å². The molecular formula is C23H25NO4. The summed E-state index contributed by atoms with van der Waals surface area (Å²) in [6.45, 7) is 4.27. The largest absolute Gasteiger partial charge is 0.497 e. The molecule has 0 spiro atoms. The molecule has 0 radical (unpaired) electrons. The van der Waals surface area contributed by atoms with Gasteiger partial charge in [0.25, 0.3) is 5.91 Å². The molecule has 1 unspecified atom stereocenters. The van der Waals surface area contributed by atoms with Crippen LogP contribution in [0, 0.1) is 6.92 Å². The molecule has 1 amide bonds. The lowest BCUT2D eigenvalue weighted by molar-refractivity contribution is 0.0706. The second kappa shape index (κ2) is 8.65. The standard InChI is InChI=1S/C23H25NO4/c1-16-5-9-20(10-6-16)27-15-21-13-14-22(28-21)23(25)24(3)17(2)18-7-11-19(26-4)12-8-18/h5-14,17H,15H2,1-4H3. The zero-order valence-electron chi connectivity index (χ0n) is 16.6. The summed E-state index contributed by atoms with van der Waals surface area (Å²) in [5.41, 5.74) is 2.19. The molecule has 1 atom stereocenters. The monoisotopic (exact) mass is 379 g/mol. The maximum atomic E-state index is 12.8. The summed E-state index contributed by atoms with van der Waals surface area (Å²) in [4.78, 5) is 14.4. The Kier molecular flexibility index (Phi) is 6.04. The minimum absolute atomic E-state index is 0.101. The molecule has 3 rings (SSSR count). The van der Waals surface area contributed by atoms with E-state index in [-0.39, 0.29) is 18.6 Å². The zero-order valence-corrected chi connectivity index (χ0v) is 16.6. The van der Waals surface area contributed by atoms with Crippen LogP contribution >= 0.6 is 0 Å². The molecule has 0 N–H and O–H groups in total. The maximum absolute atomic E-state index is 12.8. The number of rotatable bonds is 7. The molecule has 0 aliphatic heterocycles. The molecule has 146 valence electrons. The van der Waals surface area contributed by atoms with Crippen molar-refractivity contribution < 1.29 is 18.7 Å². The normalized spacial score (nSPS) is 11.7. The summed E-state index contributed by atoms with van der Waals surface area (Å²) in [7, 11) is 3.40. The Bertz CT molecular complexity index is 913. The molecule has 3 aromatic rings. The predicted molar refractivity (Wildman–Crippen MR) is 108 cm³/mol. The molecule has 0 fully saturated rings. The first-order valence-electron chi connectivity index (χ1n) is 9.17. The number of carbonyl (C=O) groups is 1. The van der Waals surface area contributed by atoms with Gasteiger partial charge in [0.15, 0.2) is 5.76 Å². The Hall–Kier alpha value is -3.21. The molecule has 1 aromatic heterocycles. The van der Waals surface area contributed by atoms with E-state index in [0.717, 1.165) is 17.1 Å². The van der Waals surface area contributed by atoms with Crippen molar-refractivity contribution in [1.82, 2.24) is 4.90 Å². The highest BCUT2D eigenvalue weighted by Gasteiger charge is 2.22. The number of hydrogen-bond donors (Lipinski definition) is 0. The van der Waals surface area contributed by atoms with Crippen LogP contribution in [0.3, 0.4) is 0 Å². The van der Waals surface area contributed by atoms with Gasteiger partial charge in [-0.2, -0.15) is 0 Å². The van der Waals surface area contributed by atoms with Gasteiger partial charge in [0.2, 0.25) is 0 Å². The number of hydrogen-bond acceptors (Lipinski definition) is 4. The van der Waals surface area contributed by atoms with Crippen LogP contribution in [0.15, 0.2) is 65.1 Å². The first-order valence-corrected chi connectivity index (χ1v) is 9.17. The van der Waals surface area contributed by atoms with Crippen LogP contribution in [0.1, 0.15) is 40.4 Å². The Morgan fingerprint density at radius 2 is 1.64 bits per heavy atom. The molecule has 0 saturated carbocycles. The number of aryl methyl sites for hydroxylation is 1. The smallest absolute Gasteiger partial charge is 0.289 e. The van der Waals surface area contributed by atoms with Crippen molar-refractivity contribution in [3.05, 3.63) is 83.3 Å². The van der Waals surface area contributed by atoms with E-state index in [4.69, 9.17) is 13.9 Å². The maximum Gasteiger partial charge on any atom is 0.289 e. The van der Waals surface area contributed by atoms with Gasteiger partial charge in [0.05, 0.1) is 13.2 Å². The number of amides is 1. The van der Waals surface area contributed by atoms with Crippen LogP contribution in [-0.4, -0.2) is 25.0 Å². The fourth-order valence-electron chi connectivity index (χ4n) is 2.82. The minimum Gasteiger partial charge on any atom is -0.497 e. The van der Waals surface area contributed by atoms with Crippen molar-refractivity contribution in [3.63, 3.8) is 0 Å². The third kappa shape index (κ3) is 4.55. The van der Waals surface area contributed by atoms with Crippen LogP contribution in [-0.2, 0) is 6.61 Å². The van der Waals surface area contributed by atoms with E-state index in [1.54, 1.807) is 31.2 Å². The Labute approximate surface area is 165 Å². The first kappa shape index (κ1) is 19.5. The van der Waals surface area contributed by atoms with E-state index in [9.17, 15) is 4.79 Å². The summed E-state index contributed by atoms with van der Waals surface area (Å²) >= 11 is 0. The Morgan fingerprint density at radius 3 is 2.29 bits per heavy atom. The van der Waals surface area contributed by atoms with E-state index in [0.29, 0.717) is 11.5 Å². The molecule has 5 heteroatoms. The summed E-state index contributed by atoms with van der Waals surface area (Å²) < 4.78 is 16.6. The van der Waals surface area contributed by atoms with Crippen LogP contribution in [0.2, 0.25) is 0 Å². The molecular weight excluding hydrogens is 354 g/mol. The average Bonchev–Trinajstić information content (AvgIpc) is 3.21. The van der Waals surface area contributed by atoms with Gasteiger partial charge >= 0.3 is 0 Å². The highest BCUT2D eigenvalue weighted by atomic mass is 16.5. The summed E-state index contributed by atoms with van der Waals surface area (Å²) in [5.74, 6) is 2.28. The number of benzene rings is 2. The van der Waals surface area contributed by atoms with Gasteiger partial charge in [0, 0.05) is 7.05 Å². The number of methoxy groups -OCH3 is 1. The third-order valence-electron chi connectivity index (χ3n) is 4.77. The highest BCUT2D eigenvalue weighted by Crippen LogP contribution is 2.24. The SMILES string of the molecule is COc1ccc(C(C)N(C)C(=O)c2ccc(COc3ccc(C)cc3)o2)cc1. The second-order valence-corrected chi connectivity index (χ2v) is 6.73. The summed E-state index contributed by atoms with van der Waals surface area (Å²) in [6.07, 6.45) is 0. The van der Waals surface area contributed by atoms with Crippen LogP contribution in [0.4, 0.5) is 0 Å². The lowest BCUT2D eigenvalue weighted by Gasteiger charge is -2.24. The number of ether oxygens (including phenoxy) is 2. The number of nitrogens with zero attached hydrogens (tertiary/aromatic N) is 1. The summed E-state index contributed by atoms with van der Waals surface area (Å²) in [5, 5.41) is 0. The van der Waals surface area contributed by atoms with Crippen molar-refractivity contribution in [2.45, 2.75) is 26.5 Å². The van der Waals surface area contributed by atoms with Crippen LogP contribution < -0.4 is 9.47 Å². The van der Waals surface area contributed by atoms with Crippen molar-refractivity contribution in [2.75, 3.05) is 14.2 Å². The van der Waals surface area contributed by atoms with E-state index in [1.807, 2.05) is 62.4 Å². The quantitative estimate of drug-likeness (QED) is 0.579. The van der Waals surface area contributed by atoms with E-state index < -0.39 is 0 Å². The van der Waals surface area contributed by atoms with Gasteiger partial charge in [0.1, 0.15) is 23.9 Å². The van der Waals surface area contributed by atoms with Gasteiger partial charge in [-0.05, 0) is 55.8 Å². The fourth-order valence-corrected chi connectivity index (χ4v) is 2.82. The van der Waals surface area contributed by atoms with Crippen LogP contribution in [0.5, 0.6) is 11.5 Å². The topological polar surface area (TPSA) is 51.9 Å². The lowest BCUT2D eigenvalue weighted by atomic mass is 10.1. The molecule has 0 aliphatic rings. The van der Waals surface area contributed by atoms with Gasteiger partial charge in [-0.1, -0.05) is 29.8 Å². The molecule has 28 heavy (non-hydrogen) atoms. The van der Waals surface area contributed by atoms with Gasteiger partial charge in [-0.15, -0.1) is 0 Å². The molecule has 0 aliphatic carbocycles. The highest BCUT2D eigenvalue weighted by molar-refractivity contribution is 5.91. The molecule has 0 bridgehead atoms. The van der Waals surface area contributed by atoms with Crippen molar-refractivity contribution >= 4 is 5.91 Å². The average molecular weight is 379 g/mol. The van der Waals surface area contributed by atoms with Crippen LogP contribution in [0.25, 0.3) is 0 Å². The van der Waals surface area contributed by atoms with Crippen molar-refractivity contribution in [3.8, 4) is 11.5 Å². The number of furan rings is 1. The third-order valence-corrected chi connectivity index (χ3v) is 4.77. The lowest BCUT2D eigenvalue weighted by Crippen LogP contribution is -2.29.